The van der Waals surface area contributed by atoms with E-state index in [4.69, 9.17) is 0 Å². The van der Waals surface area contributed by atoms with Crippen molar-refractivity contribution >= 4 is 6.29 Å². The van der Waals surface area contributed by atoms with E-state index in [-0.39, 0.29) is 5.92 Å². The lowest BCUT2D eigenvalue weighted by atomic mass is 10.0. The van der Waals surface area contributed by atoms with E-state index in [0.29, 0.717) is 0 Å². The lowest BCUT2D eigenvalue weighted by Crippen LogP contribution is -1.96. The number of rotatable bonds is 6. The molecule has 0 spiro atoms. The van der Waals surface area contributed by atoms with E-state index in [2.05, 4.69) is 13.5 Å². The van der Waals surface area contributed by atoms with Crippen LogP contribution >= 0.6 is 0 Å². The largest absolute Gasteiger partial charge is 0.290 e. The Balaban J connectivity index is 3.25. The van der Waals surface area contributed by atoms with Gasteiger partial charge in [-0.05, 0) is 6.42 Å². The van der Waals surface area contributed by atoms with Crippen LogP contribution in [-0.4, -0.2) is 6.29 Å². The van der Waals surface area contributed by atoms with Crippen LogP contribution in [0, 0.1) is 5.92 Å². The maximum atomic E-state index is 10.1. The number of carbonyl (C=O) groups excluding carboxylic acids is 1. The standard InChI is InChI=1S/C9H15O/c1-3-5-6-7-9(4-2)8-10/h4,9H,2-3,5-7H2,1H3. The van der Waals surface area contributed by atoms with Gasteiger partial charge in [0.15, 0.2) is 0 Å². The molecule has 0 saturated carbocycles. The Morgan fingerprint density at radius 1 is 1.60 bits per heavy atom. The van der Waals surface area contributed by atoms with Crippen molar-refractivity contribution in [2.45, 2.75) is 32.6 Å². The summed E-state index contributed by atoms with van der Waals surface area (Å²) >= 11 is 0. The zero-order chi connectivity index (χ0) is 7.82. The first-order chi connectivity index (χ1) is 4.85. The number of unbranched alkanes of at least 4 members (excludes halogenated alkanes) is 2. The normalized spacial score (nSPS) is 12.5. The Morgan fingerprint density at radius 2 is 2.30 bits per heavy atom. The monoisotopic (exact) mass is 139 g/mol. The van der Waals surface area contributed by atoms with Crippen molar-refractivity contribution in [3.8, 4) is 0 Å². The molecule has 1 unspecified atom stereocenters. The van der Waals surface area contributed by atoms with Gasteiger partial charge in [0.25, 0.3) is 0 Å². The highest BCUT2D eigenvalue weighted by Crippen LogP contribution is 2.07. The predicted octanol–water partition coefficient (Wildman–Crippen LogP) is 2.48. The molecule has 0 aliphatic carbocycles. The van der Waals surface area contributed by atoms with Gasteiger partial charge in [-0.15, -0.1) is 6.58 Å². The second-order valence-corrected chi connectivity index (χ2v) is 2.46. The maximum absolute atomic E-state index is 10.1. The summed E-state index contributed by atoms with van der Waals surface area (Å²) in [5.74, 6) is -0.0356. The fraction of sp³-hybridized carbons (Fsp3) is 0.667. The van der Waals surface area contributed by atoms with Crippen LogP contribution in [0.4, 0.5) is 0 Å². The van der Waals surface area contributed by atoms with E-state index < -0.39 is 0 Å². The number of allylic oxidation sites excluding steroid dienone is 1. The van der Waals surface area contributed by atoms with Crippen molar-refractivity contribution in [3.63, 3.8) is 0 Å². The summed E-state index contributed by atoms with van der Waals surface area (Å²) in [6.45, 7) is 5.69. The first-order valence-corrected chi connectivity index (χ1v) is 3.85. The van der Waals surface area contributed by atoms with Crippen molar-refractivity contribution in [2.24, 2.45) is 5.92 Å². The molecule has 57 valence electrons. The molecule has 1 atom stereocenters. The van der Waals surface area contributed by atoms with Crippen molar-refractivity contribution < 1.29 is 4.79 Å². The second kappa shape index (κ2) is 6.53. The molecule has 0 rings (SSSR count). The van der Waals surface area contributed by atoms with Crippen LogP contribution in [0.3, 0.4) is 0 Å². The quantitative estimate of drug-likeness (QED) is 0.408. The van der Waals surface area contributed by atoms with Crippen LogP contribution < -0.4 is 0 Å². The van der Waals surface area contributed by atoms with Crippen molar-refractivity contribution in [1.82, 2.24) is 0 Å². The zero-order valence-corrected chi connectivity index (χ0v) is 6.60. The van der Waals surface area contributed by atoms with Gasteiger partial charge in [-0.1, -0.05) is 32.3 Å². The lowest BCUT2D eigenvalue weighted by molar-refractivity contribution is 0.522. The van der Waals surface area contributed by atoms with E-state index in [1.54, 1.807) is 6.08 Å². The first-order valence-electron chi connectivity index (χ1n) is 3.85. The van der Waals surface area contributed by atoms with Gasteiger partial charge in [-0.3, -0.25) is 4.79 Å². The fourth-order valence-electron chi connectivity index (χ4n) is 0.839. The molecule has 0 aromatic carbocycles. The molecule has 0 bridgehead atoms. The molecule has 0 aliphatic heterocycles. The van der Waals surface area contributed by atoms with Crippen LogP contribution in [0.5, 0.6) is 0 Å². The molecule has 0 heterocycles. The molecule has 0 aromatic rings. The Kier molecular flexibility index (Phi) is 6.14. The highest BCUT2D eigenvalue weighted by atomic mass is 16.1. The molecule has 10 heavy (non-hydrogen) atoms. The molecule has 1 radical (unpaired) electrons. The molecule has 1 heteroatoms. The van der Waals surface area contributed by atoms with Gasteiger partial charge in [0.05, 0.1) is 0 Å². The van der Waals surface area contributed by atoms with Crippen molar-refractivity contribution in [1.29, 1.82) is 0 Å². The number of hydrogen-bond donors (Lipinski definition) is 0. The van der Waals surface area contributed by atoms with E-state index in [1.165, 1.54) is 12.8 Å². The summed E-state index contributed by atoms with van der Waals surface area (Å²) in [6, 6.07) is 0. The minimum Gasteiger partial charge on any atom is -0.290 e. The zero-order valence-electron chi connectivity index (χ0n) is 6.60. The molecule has 0 aromatic heterocycles. The summed E-state index contributed by atoms with van der Waals surface area (Å²) < 4.78 is 0. The van der Waals surface area contributed by atoms with Gasteiger partial charge in [-0.2, -0.15) is 0 Å². The Morgan fingerprint density at radius 3 is 2.70 bits per heavy atom. The summed E-state index contributed by atoms with van der Waals surface area (Å²) in [5, 5.41) is 0. The second-order valence-electron chi connectivity index (χ2n) is 2.46. The third-order valence-corrected chi connectivity index (χ3v) is 1.55. The van der Waals surface area contributed by atoms with Crippen molar-refractivity contribution in [3.05, 3.63) is 12.7 Å². The Labute approximate surface area is 63.1 Å². The summed E-state index contributed by atoms with van der Waals surface area (Å²) in [5.41, 5.74) is 0. The lowest BCUT2D eigenvalue weighted by Gasteiger charge is -2.00. The van der Waals surface area contributed by atoms with Crippen LogP contribution in [-0.2, 0) is 4.79 Å². The van der Waals surface area contributed by atoms with E-state index in [0.717, 1.165) is 12.8 Å². The van der Waals surface area contributed by atoms with Crippen molar-refractivity contribution in [2.75, 3.05) is 0 Å². The van der Waals surface area contributed by atoms with Gasteiger partial charge in [0, 0.05) is 5.92 Å². The van der Waals surface area contributed by atoms with Gasteiger partial charge in [0.2, 0.25) is 6.29 Å². The van der Waals surface area contributed by atoms with Gasteiger partial charge in [-0.25, -0.2) is 0 Å². The maximum Gasteiger partial charge on any atom is 0.205 e. The molecule has 1 nitrogen and oxygen atoms in total. The average Bonchev–Trinajstić information content (AvgIpc) is 1.99. The van der Waals surface area contributed by atoms with Crippen LogP contribution in [0.15, 0.2) is 12.7 Å². The Bertz CT molecular complexity index is 88.9. The molecule has 0 fully saturated rings. The minimum atomic E-state index is -0.0356. The minimum absolute atomic E-state index is 0.0356. The van der Waals surface area contributed by atoms with E-state index >= 15 is 0 Å². The van der Waals surface area contributed by atoms with Crippen LogP contribution in [0.25, 0.3) is 0 Å². The highest BCUT2D eigenvalue weighted by Gasteiger charge is 2.00. The third-order valence-electron chi connectivity index (χ3n) is 1.55. The van der Waals surface area contributed by atoms with Gasteiger partial charge >= 0.3 is 0 Å². The summed E-state index contributed by atoms with van der Waals surface area (Å²) in [4.78, 5) is 10.1. The average molecular weight is 139 g/mol. The molecular formula is C9H15O. The molecule has 0 amide bonds. The topological polar surface area (TPSA) is 17.1 Å². The highest BCUT2D eigenvalue weighted by molar-refractivity contribution is 5.56. The van der Waals surface area contributed by atoms with Crippen LogP contribution in [0.1, 0.15) is 32.6 Å². The Hall–Kier alpha value is -0.590. The number of hydrogen-bond acceptors (Lipinski definition) is 1. The van der Waals surface area contributed by atoms with E-state index in [1.807, 2.05) is 6.29 Å². The molecular weight excluding hydrogens is 124 g/mol. The van der Waals surface area contributed by atoms with Crippen LogP contribution in [0.2, 0.25) is 0 Å². The first kappa shape index (κ1) is 9.41. The van der Waals surface area contributed by atoms with Gasteiger partial charge < -0.3 is 0 Å². The third kappa shape index (κ3) is 4.30. The molecule has 0 saturated heterocycles. The van der Waals surface area contributed by atoms with Gasteiger partial charge in [0.1, 0.15) is 0 Å². The SMILES string of the molecule is C=CC([C]=O)CCCCC. The summed E-state index contributed by atoms with van der Waals surface area (Å²) in [7, 11) is 0. The predicted molar refractivity (Wildman–Crippen MR) is 43.5 cm³/mol. The van der Waals surface area contributed by atoms with E-state index in [9.17, 15) is 4.79 Å². The molecule has 0 aliphatic rings. The fourth-order valence-corrected chi connectivity index (χ4v) is 0.839. The molecule has 0 N–H and O–H groups in total. The smallest absolute Gasteiger partial charge is 0.205 e. The summed E-state index contributed by atoms with van der Waals surface area (Å²) in [6.07, 6.45) is 8.04.